The molecule has 19 N–H and O–H groups in total. The number of hydrogen-bond acceptors (Lipinski definition) is 36. The second-order valence-corrected chi connectivity index (χ2v) is 20.6. The summed E-state index contributed by atoms with van der Waals surface area (Å²) < 4.78 is 87.7. The predicted octanol–water partition coefficient (Wildman–Crippen LogP) is -15.0. The summed E-state index contributed by atoms with van der Waals surface area (Å²) in [7, 11) is -4.55. The Bertz CT molecular complexity index is 2000. The Morgan fingerprint density at radius 1 is 0.420 bits per heavy atom. The van der Waals surface area contributed by atoms with Crippen molar-refractivity contribution >= 4 is 19.6 Å². The molecule has 2 amide bonds. The van der Waals surface area contributed by atoms with Crippen LogP contribution in [0.25, 0.3) is 0 Å². The topological polar surface area (TPSA) is 595 Å². The summed E-state index contributed by atoms with van der Waals surface area (Å²) in [5.41, 5.74) is 3.95. The van der Waals surface area contributed by atoms with E-state index in [-0.39, 0.29) is 6.42 Å². The van der Waals surface area contributed by atoms with E-state index in [0.717, 1.165) is 0 Å². The molecule has 6 fully saturated rings. The van der Waals surface area contributed by atoms with Gasteiger partial charge in [0, 0.05) is 7.11 Å². The first-order valence-corrected chi connectivity index (χ1v) is 26.5. The summed E-state index contributed by atoms with van der Waals surface area (Å²) in [6.07, 6.45) is -59.3. The summed E-state index contributed by atoms with van der Waals surface area (Å²) in [5.74, 6) is -1.92. The second kappa shape index (κ2) is 30.0. The highest BCUT2D eigenvalue weighted by Crippen LogP contribution is 2.36. The van der Waals surface area contributed by atoms with Gasteiger partial charge in [0.25, 0.3) is 11.8 Å². The number of phosphoric ester groups is 1. The van der Waals surface area contributed by atoms with Crippen molar-refractivity contribution in [1.29, 1.82) is 0 Å². The molecular formula is C42H71N2O36P-2. The van der Waals surface area contributed by atoms with Crippen LogP contribution in [0.4, 0.5) is 0 Å². The maximum Gasteiger partial charge on any atom is 0.264 e. The lowest BCUT2D eigenvalue weighted by atomic mass is 9.96. The van der Waals surface area contributed by atoms with Crippen molar-refractivity contribution in [2.75, 3.05) is 53.4 Å². The van der Waals surface area contributed by atoms with Crippen LogP contribution in [-0.2, 0) is 80.3 Å². The highest BCUT2D eigenvalue weighted by Gasteiger charge is 2.56. The summed E-state index contributed by atoms with van der Waals surface area (Å²) in [5, 5.41) is 183. The van der Waals surface area contributed by atoms with Crippen molar-refractivity contribution in [3.8, 4) is 0 Å². The average Bonchev–Trinajstić information content (AvgIpc) is 3.57. The molecule has 38 nitrogen and oxygen atoms in total. The van der Waals surface area contributed by atoms with Crippen LogP contribution in [0, 0.1) is 0 Å². The number of phosphoric acid groups is 1. The van der Waals surface area contributed by atoms with Gasteiger partial charge in [-0.2, -0.15) is 0 Å². The molecule has 6 heterocycles. The molecule has 30 atom stereocenters. The maximum atomic E-state index is 12.7. The zero-order valence-corrected chi connectivity index (χ0v) is 43.7. The van der Waals surface area contributed by atoms with Gasteiger partial charge in [0.2, 0.25) is 0 Å². The quantitative estimate of drug-likeness (QED) is 0.0334. The highest BCUT2D eigenvalue weighted by atomic mass is 31.2. The molecule has 0 radical (unpaired) electrons. The molecule has 0 aromatic rings. The first kappa shape index (κ1) is 68.0. The van der Waals surface area contributed by atoms with E-state index in [4.69, 9.17) is 56.8 Å². The third-order valence-electron chi connectivity index (χ3n) is 13.8. The Kier molecular flexibility index (Phi) is 25.2. The minimum Gasteiger partial charge on any atom is -0.790 e. The van der Waals surface area contributed by atoms with Crippen molar-refractivity contribution in [3.63, 3.8) is 0 Å². The Balaban J connectivity index is 1.21. The Labute approximate surface area is 457 Å². The van der Waals surface area contributed by atoms with Gasteiger partial charge in [-0.05, 0) is 6.42 Å². The maximum absolute atomic E-state index is 12.7. The van der Waals surface area contributed by atoms with E-state index in [1.807, 2.05) is 10.9 Å². The van der Waals surface area contributed by atoms with E-state index in [9.17, 15) is 111 Å². The van der Waals surface area contributed by atoms with Crippen LogP contribution in [-0.4, -0.2) is 336 Å². The number of aliphatic hydroxyl groups is 17. The highest BCUT2D eigenvalue weighted by molar-refractivity contribution is 7.43. The van der Waals surface area contributed by atoms with Crippen molar-refractivity contribution in [2.45, 2.75) is 198 Å². The van der Waals surface area contributed by atoms with Crippen LogP contribution in [0.5, 0.6) is 0 Å². The molecule has 6 saturated heterocycles. The Morgan fingerprint density at radius 2 is 0.790 bits per heavy atom. The number of ether oxygens (including phenoxy) is 13. The van der Waals surface area contributed by atoms with Crippen molar-refractivity contribution in [1.82, 2.24) is 10.9 Å². The molecule has 0 saturated carbocycles. The first-order chi connectivity index (χ1) is 38.2. The number of hydrogen-bond donors (Lipinski definition) is 19. The number of carbonyl (C=O) groups is 2. The number of aliphatic hydroxyl groups excluding tert-OH is 17. The minimum atomic E-state index is -5.73. The minimum absolute atomic E-state index is 0.105. The SMILES string of the molecule is CCC1O[C@@H](OC2[C@H](OCC3O[C@@H](OCC4O[C@@H](OCC(=O)NNC(=O)COC)C(O)[C@@H](O[C@@H]5OC(CO)[C@H](O)[C@H](O)C5O[C@@H]5OC(COP(=O)([O-])[O-])[C@H](O)[C@H](O)C5O)[C@H]4O)C(O)[C@@H](O)[C@H]3O)OC(CO)[C@H](O)[C@@H]2O)C(O)[C@@H](O)[C@H]1O. The van der Waals surface area contributed by atoms with Crippen LogP contribution in [0.2, 0.25) is 0 Å². The molecule has 0 aromatic carbocycles. The van der Waals surface area contributed by atoms with Gasteiger partial charge in [0.1, 0.15) is 154 Å². The molecule has 0 aliphatic carbocycles. The second-order valence-electron chi connectivity index (χ2n) is 19.4. The normalized spacial score (nSPS) is 46.2. The summed E-state index contributed by atoms with van der Waals surface area (Å²) in [6, 6.07) is 0. The van der Waals surface area contributed by atoms with Crippen LogP contribution >= 0.6 is 7.82 Å². The van der Waals surface area contributed by atoms with E-state index < -0.39 is 250 Å². The fraction of sp³-hybridized carbons (Fsp3) is 0.952. The number of nitrogens with one attached hydrogen (secondary N) is 2. The van der Waals surface area contributed by atoms with Crippen LogP contribution in [0.1, 0.15) is 13.3 Å². The van der Waals surface area contributed by atoms with Gasteiger partial charge in [0.15, 0.2) is 37.7 Å². The fourth-order valence-corrected chi connectivity index (χ4v) is 9.55. The van der Waals surface area contributed by atoms with E-state index in [2.05, 4.69) is 9.26 Å². The van der Waals surface area contributed by atoms with Gasteiger partial charge >= 0.3 is 0 Å². The van der Waals surface area contributed by atoms with Gasteiger partial charge in [-0.15, -0.1) is 0 Å². The summed E-state index contributed by atoms with van der Waals surface area (Å²) in [4.78, 5) is 46.9. The smallest absolute Gasteiger partial charge is 0.264 e. The van der Waals surface area contributed by atoms with E-state index in [1.54, 1.807) is 6.92 Å². The molecule has 12 unspecified atom stereocenters. The van der Waals surface area contributed by atoms with Crippen LogP contribution in [0.3, 0.4) is 0 Å². The lowest BCUT2D eigenvalue weighted by Crippen LogP contribution is -2.67. The summed E-state index contributed by atoms with van der Waals surface area (Å²) >= 11 is 0. The molecule has 6 rings (SSSR count). The first-order valence-electron chi connectivity index (χ1n) is 25.1. The fourth-order valence-electron chi connectivity index (χ4n) is 9.22. The predicted molar refractivity (Wildman–Crippen MR) is 241 cm³/mol. The van der Waals surface area contributed by atoms with Gasteiger partial charge < -0.3 is 167 Å². The lowest BCUT2D eigenvalue weighted by molar-refractivity contribution is -0.391. The third-order valence-corrected chi connectivity index (χ3v) is 14.3. The van der Waals surface area contributed by atoms with Crippen molar-refractivity contribution in [2.24, 2.45) is 0 Å². The number of rotatable bonds is 23. The van der Waals surface area contributed by atoms with Crippen LogP contribution < -0.4 is 20.6 Å². The van der Waals surface area contributed by atoms with E-state index in [1.165, 1.54) is 7.11 Å². The van der Waals surface area contributed by atoms with Gasteiger partial charge in [-0.25, -0.2) is 0 Å². The largest absolute Gasteiger partial charge is 0.790 e. The van der Waals surface area contributed by atoms with Crippen molar-refractivity contribution in [3.05, 3.63) is 0 Å². The number of carbonyl (C=O) groups excluding carboxylic acids is 2. The molecule has 39 heteroatoms. The zero-order chi connectivity index (χ0) is 59.9. The van der Waals surface area contributed by atoms with Gasteiger partial charge in [-0.3, -0.25) is 20.4 Å². The van der Waals surface area contributed by atoms with E-state index >= 15 is 0 Å². The Hall–Kier alpha value is -2.15. The average molecular weight is 1210 g/mol. The van der Waals surface area contributed by atoms with E-state index in [0.29, 0.717) is 0 Å². The standard InChI is InChI=1S/C42H73N2O36P/c1-3-11-19(49)25(55)31(61)39(72-11)79-35-28(58)20(50)12(4-45)73-41(35)69-6-14-22(52)26(56)30(60)37(75-14)68-7-15-24(54)34(33(63)38(76-15)70-10-18(48)44-43-17(47)9-67-2)78-42-36(29(59)21(51)13(5-46)74-42)80-40-32(62)27(57)23(53)16(77-40)8-71-81(64,65)66/h11-16,19-42,45-46,49-63H,3-10H2,1-2H3,(H,43,47)(H,44,48)(H2,64,65,66)/p-2/t11?,12?,13?,14?,15?,16?,19-,20-,21-,22-,23-,24-,25-,26-,27-,28-,29-,30?,31?,32?,33?,34-,35?,36?,37+,38+,39-,40-,41+,42-/m0/s1. The third kappa shape index (κ3) is 16.5. The van der Waals surface area contributed by atoms with Gasteiger partial charge in [0.05, 0.1) is 47.0 Å². The molecule has 81 heavy (non-hydrogen) atoms. The molecule has 0 bridgehead atoms. The summed E-state index contributed by atoms with van der Waals surface area (Å²) in [6.45, 7) is -5.08. The number of amides is 2. The number of hydrazine groups is 1. The molecule has 0 aromatic heterocycles. The molecule has 6 aliphatic heterocycles. The van der Waals surface area contributed by atoms with Gasteiger partial charge in [-0.1, -0.05) is 6.92 Å². The lowest BCUT2D eigenvalue weighted by Gasteiger charge is -2.49. The van der Waals surface area contributed by atoms with Crippen LogP contribution in [0.15, 0.2) is 0 Å². The zero-order valence-electron chi connectivity index (χ0n) is 42.8. The molecule has 0 spiro atoms. The molecular weight excluding hydrogens is 1140 g/mol. The number of methoxy groups -OCH3 is 1. The molecule has 6 aliphatic rings. The van der Waals surface area contributed by atoms with Crippen molar-refractivity contribution < 1.29 is 177 Å². The monoisotopic (exact) mass is 1210 g/mol. The molecule has 472 valence electrons. The Morgan fingerprint density at radius 3 is 1.28 bits per heavy atom.